The highest BCUT2D eigenvalue weighted by atomic mass is 79.9. The van der Waals surface area contributed by atoms with Crippen molar-refractivity contribution < 1.29 is 4.79 Å². The fraction of sp³-hybridized carbons (Fsp3) is 0.125. The van der Waals surface area contributed by atoms with E-state index >= 15 is 0 Å². The van der Waals surface area contributed by atoms with Crippen molar-refractivity contribution in [2.24, 2.45) is 10.2 Å². The number of H-pyrrole nitrogens is 1. The summed E-state index contributed by atoms with van der Waals surface area (Å²) in [5.41, 5.74) is 0.100. The lowest BCUT2D eigenvalue weighted by molar-refractivity contribution is 0.0992. The largest absolute Gasteiger partial charge is 0.325 e. The number of aryl methyl sites for hydroxylation is 1. The molecule has 2 rings (SSSR count). The van der Waals surface area contributed by atoms with Crippen molar-refractivity contribution in [3.8, 4) is 0 Å². The van der Waals surface area contributed by atoms with Gasteiger partial charge in [-0.2, -0.15) is 0 Å². The second kappa shape index (κ2) is 3.20. The van der Waals surface area contributed by atoms with Crippen LogP contribution in [0.5, 0.6) is 0 Å². The normalized spacial score (nSPS) is 14.3. The first kappa shape index (κ1) is 9.91. The molecule has 0 aromatic carbocycles. The number of nitrogens with zero attached hydrogens (tertiary/aromatic N) is 2. The van der Waals surface area contributed by atoms with E-state index in [1.807, 2.05) is 0 Å². The van der Waals surface area contributed by atoms with E-state index in [0.717, 1.165) is 0 Å². The van der Waals surface area contributed by atoms with E-state index in [1.165, 1.54) is 0 Å². The van der Waals surface area contributed by atoms with E-state index in [1.54, 1.807) is 6.92 Å². The fourth-order valence-electron chi connectivity index (χ4n) is 1.32. The SMILES string of the molecule is Cc1[nH]c(=O)c2c(c1Br)C(=O)N=NC2=N. The van der Waals surface area contributed by atoms with Crippen molar-refractivity contribution in [1.29, 1.82) is 5.41 Å². The molecule has 76 valence electrons. The van der Waals surface area contributed by atoms with E-state index in [4.69, 9.17) is 5.41 Å². The van der Waals surface area contributed by atoms with Crippen LogP contribution in [0, 0.1) is 12.3 Å². The number of fused-ring (bicyclic) bond motifs is 1. The first-order valence-electron chi connectivity index (χ1n) is 3.99. The summed E-state index contributed by atoms with van der Waals surface area (Å²) in [6, 6.07) is 0. The number of nitrogens with one attached hydrogen (secondary N) is 2. The van der Waals surface area contributed by atoms with E-state index in [9.17, 15) is 9.59 Å². The van der Waals surface area contributed by atoms with E-state index in [-0.39, 0.29) is 17.0 Å². The molecule has 2 N–H and O–H groups in total. The molecule has 2 heterocycles. The van der Waals surface area contributed by atoms with Crippen LogP contribution in [-0.4, -0.2) is 16.7 Å². The summed E-state index contributed by atoms with van der Waals surface area (Å²) in [5.74, 6) is -0.909. The fourth-order valence-corrected chi connectivity index (χ4v) is 1.79. The monoisotopic (exact) mass is 268 g/mol. The quantitative estimate of drug-likeness (QED) is 0.743. The number of pyridine rings is 1. The molecule has 0 unspecified atom stereocenters. The Morgan fingerprint density at radius 3 is 2.60 bits per heavy atom. The predicted molar refractivity (Wildman–Crippen MR) is 55.5 cm³/mol. The summed E-state index contributed by atoms with van der Waals surface area (Å²) < 4.78 is 0.450. The molecule has 7 heteroatoms. The zero-order valence-corrected chi connectivity index (χ0v) is 9.17. The van der Waals surface area contributed by atoms with Crippen LogP contribution in [0.2, 0.25) is 0 Å². The number of aromatic nitrogens is 1. The van der Waals surface area contributed by atoms with Crippen molar-refractivity contribution in [3.63, 3.8) is 0 Å². The number of aromatic amines is 1. The number of hydrogen-bond donors (Lipinski definition) is 2. The Bertz CT molecular complexity index is 573. The molecule has 0 spiro atoms. The number of carbonyl (C=O) groups is 1. The first-order valence-corrected chi connectivity index (χ1v) is 4.79. The third kappa shape index (κ3) is 1.35. The second-order valence-corrected chi connectivity index (χ2v) is 3.79. The number of halogens is 1. The van der Waals surface area contributed by atoms with Crippen LogP contribution in [0.1, 0.15) is 21.6 Å². The van der Waals surface area contributed by atoms with Crippen LogP contribution in [0.25, 0.3) is 0 Å². The summed E-state index contributed by atoms with van der Waals surface area (Å²) in [6.45, 7) is 1.65. The van der Waals surface area contributed by atoms with Crippen LogP contribution >= 0.6 is 15.9 Å². The summed E-state index contributed by atoms with van der Waals surface area (Å²) in [7, 11) is 0. The molecule has 1 aromatic heterocycles. The Balaban J connectivity index is 2.93. The average molecular weight is 269 g/mol. The van der Waals surface area contributed by atoms with Gasteiger partial charge in [-0.15, -0.1) is 10.2 Å². The van der Waals surface area contributed by atoms with Gasteiger partial charge in [-0.05, 0) is 22.9 Å². The minimum absolute atomic E-state index is 0.0347. The number of carbonyl (C=O) groups excluding carboxylic acids is 1. The standard InChI is InChI=1S/C8H5BrN4O2/c1-2-5(9)3-4(7(14)11-2)6(10)12-13-8(3)15/h10H,1H3,(H,11,14). The zero-order valence-electron chi connectivity index (χ0n) is 7.59. The van der Waals surface area contributed by atoms with Crippen molar-refractivity contribution in [3.05, 3.63) is 31.6 Å². The Morgan fingerprint density at radius 2 is 1.93 bits per heavy atom. The Labute approximate surface area is 92.1 Å². The highest BCUT2D eigenvalue weighted by molar-refractivity contribution is 9.10. The molecule has 6 nitrogen and oxygen atoms in total. The van der Waals surface area contributed by atoms with E-state index in [0.29, 0.717) is 10.2 Å². The predicted octanol–water partition coefficient (Wildman–Crippen LogP) is 1.38. The maximum Gasteiger partial charge on any atom is 0.297 e. The zero-order chi connectivity index (χ0) is 11.2. The summed E-state index contributed by atoms with van der Waals surface area (Å²) in [6.07, 6.45) is 0. The van der Waals surface area contributed by atoms with Crippen molar-refractivity contribution in [1.82, 2.24) is 4.98 Å². The number of amidine groups is 1. The molecule has 1 aliphatic rings. The van der Waals surface area contributed by atoms with Crippen LogP contribution in [-0.2, 0) is 0 Å². The molecule has 0 radical (unpaired) electrons. The van der Waals surface area contributed by atoms with Crippen molar-refractivity contribution >= 4 is 27.7 Å². The van der Waals surface area contributed by atoms with Gasteiger partial charge < -0.3 is 4.98 Å². The van der Waals surface area contributed by atoms with Gasteiger partial charge in [-0.3, -0.25) is 15.0 Å². The van der Waals surface area contributed by atoms with Gasteiger partial charge in [-0.25, -0.2) is 0 Å². The van der Waals surface area contributed by atoms with Gasteiger partial charge in [0.05, 0.1) is 15.6 Å². The van der Waals surface area contributed by atoms with Crippen molar-refractivity contribution in [2.45, 2.75) is 6.92 Å². The molecule has 15 heavy (non-hydrogen) atoms. The number of amides is 1. The molecule has 0 saturated heterocycles. The van der Waals surface area contributed by atoms with Gasteiger partial charge >= 0.3 is 0 Å². The Morgan fingerprint density at radius 1 is 1.27 bits per heavy atom. The molecular formula is C8H5BrN4O2. The molecule has 0 bridgehead atoms. The first-order chi connectivity index (χ1) is 7.02. The average Bonchev–Trinajstić information content (AvgIpc) is 2.18. The highest BCUT2D eigenvalue weighted by Crippen LogP contribution is 2.24. The summed E-state index contributed by atoms with van der Waals surface area (Å²) in [4.78, 5) is 25.5. The van der Waals surface area contributed by atoms with Gasteiger partial charge in [0.15, 0.2) is 5.84 Å². The Kier molecular flexibility index (Phi) is 2.11. The smallest absolute Gasteiger partial charge is 0.297 e. The minimum Gasteiger partial charge on any atom is -0.325 e. The minimum atomic E-state index is -0.609. The lowest BCUT2D eigenvalue weighted by atomic mass is 10.1. The van der Waals surface area contributed by atoms with Crippen LogP contribution < -0.4 is 5.56 Å². The van der Waals surface area contributed by atoms with Gasteiger partial charge in [0.25, 0.3) is 11.5 Å². The van der Waals surface area contributed by atoms with Crippen LogP contribution in [0.4, 0.5) is 0 Å². The lowest BCUT2D eigenvalue weighted by Crippen LogP contribution is -2.25. The lowest BCUT2D eigenvalue weighted by Gasteiger charge is -2.10. The molecule has 1 aromatic rings. The molecule has 0 atom stereocenters. The van der Waals surface area contributed by atoms with Gasteiger partial charge in [0.2, 0.25) is 0 Å². The van der Waals surface area contributed by atoms with Gasteiger partial charge in [0, 0.05) is 5.69 Å². The Hall–Kier alpha value is -1.63. The van der Waals surface area contributed by atoms with Gasteiger partial charge in [-0.1, -0.05) is 0 Å². The maximum absolute atomic E-state index is 11.5. The summed E-state index contributed by atoms with van der Waals surface area (Å²) in [5, 5.41) is 14.0. The third-order valence-corrected chi connectivity index (χ3v) is 3.01. The number of rotatable bonds is 0. The maximum atomic E-state index is 11.5. The summed E-state index contributed by atoms with van der Waals surface area (Å²) >= 11 is 3.18. The van der Waals surface area contributed by atoms with E-state index < -0.39 is 11.5 Å². The molecular weight excluding hydrogens is 264 g/mol. The second-order valence-electron chi connectivity index (χ2n) is 3.00. The highest BCUT2D eigenvalue weighted by Gasteiger charge is 2.26. The van der Waals surface area contributed by atoms with Crippen LogP contribution in [0.3, 0.4) is 0 Å². The van der Waals surface area contributed by atoms with E-state index in [2.05, 4.69) is 31.1 Å². The van der Waals surface area contributed by atoms with Gasteiger partial charge in [0.1, 0.15) is 0 Å². The van der Waals surface area contributed by atoms with Crippen molar-refractivity contribution in [2.75, 3.05) is 0 Å². The topological polar surface area (TPSA) is 98.5 Å². The third-order valence-electron chi connectivity index (χ3n) is 2.02. The number of azo groups is 1. The molecule has 0 saturated carbocycles. The number of hydrogen-bond acceptors (Lipinski definition) is 3. The molecule has 0 fully saturated rings. The molecule has 1 aliphatic heterocycles. The molecule has 0 aliphatic carbocycles. The van der Waals surface area contributed by atoms with Crippen LogP contribution in [0.15, 0.2) is 19.5 Å². The molecule has 1 amide bonds.